The Bertz CT molecular complexity index is 344. The Morgan fingerprint density at radius 1 is 1.43 bits per heavy atom. The van der Waals surface area contributed by atoms with Crippen LogP contribution < -0.4 is 5.32 Å². The number of nitrogens with one attached hydrogen (secondary N) is 1. The number of halogens is 2. The van der Waals surface area contributed by atoms with Gasteiger partial charge in [-0.05, 0) is 37.3 Å². The van der Waals surface area contributed by atoms with Gasteiger partial charge >= 0.3 is 0 Å². The zero-order valence-electron chi connectivity index (χ0n) is 7.51. The highest BCUT2D eigenvalue weighted by atomic mass is 35.5. The van der Waals surface area contributed by atoms with Crippen LogP contribution >= 0.6 is 35.4 Å². The maximum absolute atomic E-state index is 5.82. The minimum absolute atomic E-state index is 0.325. The number of benzene rings is 1. The molecule has 1 aromatic rings. The highest BCUT2D eigenvalue weighted by molar-refractivity contribution is 7.80. The molecule has 0 fully saturated rings. The Morgan fingerprint density at radius 3 is 2.71 bits per heavy atom. The summed E-state index contributed by atoms with van der Waals surface area (Å²) >= 11 is 16.5. The van der Waals surface area contributed by atoms with Gasteiger partial charge in [-0.1, -0.05) is 23.2 Å². The van der Waals surface area contributed by atoms with Gasteiger partial charge in [0.15, 0.2) is 0 Å². The van der Waals surface area contributed by atoms with E-state index in [9.17, 15) is 0 Å². The molecule has 0 aromatic heterocycles. The van der Waals surface area contributed by atoms with Gasteiger partial charge in [0.05, 0.1) is 16.7 Å². The Hall–Kier alpha value is -0.510. The lowest BCUT2D eigenvalue weighted by Crippen LogP contribution is -2.12. The van der Waals surface area contributed by atoms with Gasteiger partial charge in [0.25, 0.3) is 5.17 Å². The van der Waals surface area contributed by atoms with Crippen molar-refractivity contribution in [2.75, 3.05) is 11.9 Å². The Kier molecular flexibility index (Phi) is 4.45. The highest BCUT2D eigenvalue weighted by Gasteiger charge is 2.01. The van der Waals surface area contributed by atoms with Crippen LogP contribution in [0, 0.1) is 0 Å². The second-order valence-corrected chi connectivity index (χ2v) is 3.66. The maximum Gasteiger partial charge on any atom is 0.261 e. The first-order valence-corrected chi connectivity index (χ1v) is 5.18. The lowest BCUT2D eigenvalue weighted by Gasteiger charge is -2.08. The molecular formula is C9H9Cl2NOS. The molecule has 0 saturated heterocycles. The zero-order valence-corrected chi connectivity index (χ0v) is 9.84. The van der Waals surface area contributed by atoms with Crippen molar-refractivity contribution < 1.29 is 4.74 Å². The standard InChI is InChI=1S/C9H9Cl2NOS/c1-2-13-9(14)12-6-3-4-7(10)8(11)5-6/h3-5H,2H2,1H3,(H,12,14). The molecule has 0 heterocycles. The normalized spacial score (nSPS) is 9.64. The molecule has 0 aliphatic carbocycles. The molecule has 76 valence electrons. The van der Waals surface area contributed by atoms with Crippen LogP contribution in [0.4, 0.5) is 5.69 Å². The fraction of sp³-hybridized carbons (Fsp3) is 0.222. The molecule has 0 spiro atoms. The minimum Gasteiger partial charge on any atom is -0.471 e. The van der Waals surface area contributed by atoms with Crippen molar-refractivity contribution in [3.63, 3.8) is 0 Å². The molecule has 0 radical (unpaired) electrons. The molecule has 0 saturated carbocycles. The van der Waals surface area contributed by atoms with Crippen LogP contribution in [0.2, 0.25) is 10.0 Å². The molecule has 0 unspecified atom stereocenters. The molecule has 1 rings (SSSR count). The predicted molar refractivity (Wildman–Crippen MR) is 64.3 cm³/mol. The van der Waals surface area contributed by atoms with Crippen LogP contribution in [0.1, 0.15) is 6.92 Å². The SMILES string of the molecule is CCOC(=S)Nc1ccc(Cl)c(Cl)c1. The van der Waals surface area contributed by atoms with E-state index >= 15 is 0 Å². The average molecular weight is 250 g/mol. The molecule has 1 aromatic carbocycles. The lowest BCUT2D eigenvalue weighted by atomic mass is 10.3. The molecule has 14 heavy (non-hydrogen) atoms. The van der Waals surface area contributed by atoms with Crippen LogP contribution in [-0.2, 0) is 4.74 Å². The van der Waals surface area contributed by atoms with Gasteiger partial charge < -0.3 is 10.1 Å². The zero-order chi connectivity index (χ0) is 10.6. The van der Waals surface area contributed by atoms with E-state index in [2.05, 4.69) is 5.32 Å². The van der Waals surface area contributed by atoms with E-state index < -0.39 is 0 Å². The molecule has 5 heteroatoms. The molecule has 0 bridgehead atoms. The monoisotopic (exact) mass is 249 g/mol. The van der Waals surface area contributed by atoms with Crippen molar-refractivity contribution in [3.8, 4) is 0 Å². The fourth-order valence-electron chi connectivity index (χ4n) is 0.859. The number of anilines is 1. The van der Waals surface area contributed by atoms with Crippen LogP contribution in [0.25, 0.3) is 0 Å². The third-order valence-corrected chi connectivity index (χ3v) is 2.40. The fourth-order valence-corrected chi connectivity index (χ4v) is 1.39. The van der Waals surface area contributed by atoms with Crippen molar-refractivity contribution >= 4 is 46.3 Å². The van der Waals surface area contributed by atoms with E-state index in [1.165, 1.54) is 0 Å². The summed E-state index contributed by atoms with van der Waals surface area (Å²) in [5.74, 6) is 0. The van der Waals surface area contributed by atoms with Gasteiger partial charge in [-0.3, -0.25) is 0 Å². The average Bonchev–Trinajstić information content (AvgIpc) is 2.12. The Morgan fingerprint density at radius 2 is 2.14 bits per heavy atom. The predicted octanol–water partition coefficient (Wildman–Crippen LogP) is 3.73. The molecule has 0 atom stereocenters. The number of rotatable bonds is 2. The molecule has 2 nitrogen and oxygen atoms in total. The van der Waals surface area contributed by atoms with Gasteiger partial charge in [-0.25, -0.2) is 0 Å². The largest absolute Gasteiger partial charge is 0.471 e. The number of ether oxygens (including phenoxy) is 1. The van der Waals surface area contributed by atoms with Crippen LogP contribution in [0.3, 0.4) is 0 Å². The number of hydrogen-bond donors (Lipinski definition) is 1. The number of thiocarbonyl (C=S) groups is 1. The molecule has 0 aliphatic rings. The first-order chi connectivity index (χ1) is 6.63. The van der Waals surface area contributed by atoms with Crippen LogP contribution in [0.15, 0.2) is 18.2 Å². The van der Waals surface area contributed by atoms with Gasteiger partial charge in [0.2, 0.25) is 0 Å². The summed E-state index contributed by atoms with van der Waals surface area (Å²) in [5, 5.41) is 4.20. The van der Waals surface area contributed by atoms with Crippen molar-refractivity contribution in [1.82, 2.24) is 0 Å². The third-order valence-electron chi connectivity index (χ3n) is 1.44. The van der Waals surface area contributed by atoms with Gasteiger partial charge in [0, 0.05) is 5.69 Å². The summed E-state index contributed by atoms with van der Waals surface area (Å²) in [6.07, 6.45) is 0. The first-order valence-electron chi connectivity index (χ1n) is 4.02. The highest BCUT2D eigenvalue weighted by Crippen LogP contribution is 2.24. The van der Waals surface area contributed by atoms with E-state index in [1.807, 2.05) is 6.92 Å². The van der Waals surface area contributed by atoms with Crippen molar-refractivity contribution in [2.45, 2.75) is 6.92 Å². The summed E-state index contributed by atoms with van der Waals surface area (Å²) < 4.78 is 5.06. The molecule has 0 aliphatic heterocycles. The lowest BCUT2D eigenvalue weighted by molar-refractivity contribution is 0.335. The second kappa shape index (κ2) is 5.39. The molecule has 0 amide bonds. The van der Waals surface area contributed by atoms with E-state index in [0.717, 1.165) is 5.69 Å². The summed E-state index contributed by atoms with van der Waals surface area (Å²) in [6.45, 7) is 2.40. The van der Waals surface area contributed by atoms with Crippen molar-refractivity contribution in [3.05, 3.63) is 28.2 Å². The first kappa shape index (κ1) is 11.6. The Balaban J connectivity index is 2.68. The maximum atomic E-state index is 5.82. The summed E-state index contributed by atoms with van der Waals surface area (Å²) in [6, 6.07) is 5.16. The Labute approximate surface area is 98.2 Å². The molecule has 1 N–H and O–H groups in total. The number of hydrogen-bond acceptors (Lipinski definition) is 2. The topological polar surface area (TPSA) is 21.3 Å². The summed E-state index contributed by atoms with van der Waals surface area (Å²) in [5.41, 5.74) is 0.762. The smallest absolute Gasteiger partial charge is 0.261 e. The van der Waals surface area contributed by atoms with E-state index in [0.29, 0.717) is 21.8 Å². The second-order valence-electron chi connectivity index (χ2n) is 2.47. The quantitative estimate of drug-likeness (QED) is 0.808. The van der Waals surface area contributed by atoms with E-state index in [1.54, 1.807) is 18.2 Å². The minimum atomic E-state index is 0.325. The third kappa shape index (κ3) is 3.33. The van der Waals surface area contributed by atoms with Gasteiger partial charge in [-0.2, -0.15) is 0 Å². The van der Waals surface area contributed by atoms with Crippen LogP contribution in [0.5, 0.6) is 0 Å². The van der Waals surface area contributed by atoms with Gasteiger partial charge in [0.1, 0.15) is 0 Å². The summed E-state index contributed by atoms with van der Waals surface area (Å²) in [7, 11) is 0. The van der Waals surface area contributed by atoms with E-state index in [-0.39, 0.29) is 0 Å². The van der Waals surface area contributed by atoms with Crippen LogP contribution in [-0.4, -0.2) is 11.8 Å². The van der Waals surface area contributed by atoms with Gasteiger partial charge in [-0.15, -0.1) is 0 Å². The van der Waals surface area contributed by atoms with Crippen molar-refractivity contribution in [1.29, 1.82) is 0 Å². The van der Waals surface area contributed by atoms with Crippen molar-refractivity contribution in [2.24, 2.45) is 0 Å². The summed E-state index contributed by atoms with van der Waals surface area (Å²) in [4.78, 5) is 0. The molecular weight excluding hydrogens is 241 g/mol. The van der Waals surface area contributed by atoms with E-state index in [4.69, 9.17) is 40.2 Å².